The predicted molar refractivity (Wildman–Crippen MR) is 99.1 cm³/mol. The highest BCUT2D eigenvalue weighted by Crippen LogP contribution is 2.19. The van der Waals surface area contributed by atoms with Crippen LogP contribution in [0.4, 0.5) is 10.5 Å². The van der Waals surface area contributed by atoms with Crippen molar-refractivity contribution in [2.24, 2.45) is 0 Å². The van der Waals surface area contributed by atoms with Crippen molar-refractivity contribution in [3.8, 4) is 0 Å². The van der Waals surface area contributed by atoms with Crippen molar-refractivity contribution in [2.45, 2.75) is 45.1 Å². The SMILES string of the molecule is C=C(C)CN(CC)C(=O)Nc1cccc(C[S@](=O)C(C)(C)C)c1. The Balaban J connectivity index is 2.79. The second kappa shape index (κ2) is 8.29. The van der Waals surface area contributed by atoms with E-state index in [1.165, 1.54) is 0 Å². The third-order valence-corrected chi connectivity index (χ3v) is 5.25. The molecular weight excluding hydrogens is 308 g/mol. The number of amides is 2. The minimum Gasteiger partial charge on any atom is -0.321 e. The summed E-state index contributed by atoms with van der Waals surface area (Å²) in [6, 6.07) is 7.39. The van der Waals surface area contributed by atoms with E-state index in [1.807, 2.05) is 58.9 Å². The molecule has 4 nitrogen and oxygen atoms in total. The topological polar surface area (TPSA) is 49.4 Å². The standard InChI is InChI=1S/C18H28N2O2S/c1-7-20(12-14(2)3)17(21)19-16-10-8-9-15(11-16)13-23(22)18(4,5)6/h8-11H,2,7,12-13H2,1,3-6H3,(H,19,21)/t23-/m0/s1. The molecule has 0 aromatic heterocycles. The van der Waals surface area contributed by atoms with Crippen LogP contribution >= 0.6 is 0 Å². The zero-order valence-corrected chi connectivity index (χ0v) is 15.6. The molecule has 0 saturated carbocycles. The number of nitrogens with zero attached hydrogens (tertiary/aromatic N) is 1. The summed E-state index contributed by atoms with van der Waals surface area (Å²) in [6.07, 6.45) is 0. The number of hydrogen-bond acceptors (Lipinski definition) is 2. The monoisotopic (exact) mass is 336 g/mol. The first-order valence-corrected chi connectivity index (χ1v) is 9.13. The molecule has 0 aliphatic rings. The van der Waals surface area contributed by atoms with E-state index in [9.17, 15) is 9.00 Å². The molecule has 2 amide bonds. The third kappa shape index (κ3) is 6.57. The minimum atomic E-state index is -0.962. The van der Waals surface area contributed by atoms with Crippen LogP contribution in [-0.2, 0) is 16.6 Å². The molecule has 0 unspecified atom stereocenters. The van der Waals surface area contributed by atoms with Gasteiger partial charge >= 0.3 is 6.03 Å². The van der Waals surface area contributed by atoms with Crippen LogP contribution in [0.5, 0.6) is 0 Å². The van der Waals surface area contributed by atoms with E-state index >= 15 is 0 Å². The summed E-state index contributed by atoms with van der Waals surface area (Å²) in [5.41, 5.74) is 2.62. The number of urea groups is 1. The zero-order chi connectivity index (χ0) is 17.6. The molecule has 0 saturated heterocycles. The van der Waals surface area contributed by atoms with E-state index in [2.05, 4.69) is 11.9 Å². The second-order valence-corrected chi connectivity index (χ2v) is 8.91. The summed E-state index contributed by atoms with van der Waals surface area (Å²) in [5, 5.41) is 2.90. The summed E-state index contributed by atoms with van der Waals surface area (Å²) in [7, 11) is -0.962. The van der Waals surface area contributed by atoms with Crippen LogP contribution in [0.15, 0.2) is 36.4 Å². The minimum absolute atomic E-state index is 0.149. The number of rotatable bonds is 6. The average Bonchev–Trinajstić information content (AvgIpc) is 2.43. The lowest BCUT2D eigenvalue weighted by molar-refractivity contribution is 0.218. The summed E-state index contributed by atoms with van der Waals surface area (Å²) in [6.45, 7) is 14.7. The highest BCUT2D eigenvalue weighted by Gasteiger charge is 2.19. The molecule has 0 heterocycles. The Labute approximate surface area is 142 Å². The molecular formula is C18H28N2O2S. The van der Waals surface area contributed by atoms with Crippen molar-refractivity contribution in [3.63, 3.8) is 0 Å². The van der Waals surface area contributed by atoms with E-state index in [-0.39, 0.29) is 10.8 Å². The van der Waals surface area contributed by atoms with Gasteiger partial charge in [0.25, 0.3) is 0 Å². The highest BCUT2D eigenvalue weighted by molar-refractivity contribution is 7.85. The maximum atomic E-state index is 12.3. The van der Waals surface area contributed by atoms with Crippen molar-refractivity contribution < 1.29 is 9.00 Å². The van der Waals surface area contributed by atoms with Gasteiger partial charge in [0.1, 0.15) is 0 Å². The Morgan fingerprint density at radius 3 is 2.52 bits per heavy atom. The molecule has 1 aromatic carbocycles. The number of benzene rings is 1. The van der Waals surface area contributed by atoms with Gasteiger partial charge < -0.3 is 10.2 Å². The fraction of sp³-hybridized carbons (Fsp3) is 0.500. The van der Waals surface area contributed by atoms with Crippen LogP contribution in [0.25, 0.3) is 0 Å². The number of carbonyl (C=O) groups is 1. The van der Waals surface area contributed by atoms with Crippen molar-refractivity contribution in [3.05, 3.63) is 42.0 Å². The van der Waals surface area contributed by atoms with E-state index < -0.39 is 10.8 Å². The van der Waals surface area contributed by atoms with E-state index in [0.29, 0.717) is 18.8 Å². The zero-order valence-electron chi connectivity index (χ0n) is 14.8. The Hall–Kier alpha value is -1.62. The largest absolute Gasteiger partial charge is 0.322 e. The normalized spacial score (nSPS) is 12.6. The van der Waals surface area contributed by atoms with Gasteiger partial charge in [-0.15, -0.1) is 0 Å². The molecule has 1 aromatic rings. The quantitative estimate of drug-likeness (QED) is 0.793. The Morgan fingerprint density at radius 1 is 1.35 bits per heavy atom. The fourth-order valence-corrected chi connectivity index (χ4v) is 2.88. The Bertz CT molecular complexity index is 591. The van der Waals surface area contributed by atoms with Crippen molar-refractivity contribution in [1.82, 2.24) is 4.90 Å². The van der Waals surface area contributed by atoms with Gasteiger partial charge in [0.15, 0.2) is 0 Å². The van der Waals surface area contributed by atoms with Crippen molar-refractivity contribution in [1.29, 1.82) is 0 Å². The van der Waals surface area contributed by atoms with Gasteiger partial charge in [0, 0.05) is 40.1 Å². The van der Waals surface area contributed by atoms with Gasteiger partial charge in [0.2, 0.25) is 0 Å². The van der Waals surface area contributed by atoms with Gasteiger partial charge in [-0.1, -0.05) is 24.3 Å². The van der Waals surface area contributed by atoms with Crippen LogP contribution in [0, 0.1) is 0 Å². The molecule has 5 heteroatoms. The van der Waals surface area contributed by atoms with Gasteiger partial charge in [0.05, 0.1) is 0 Å². The molecule has 23 heavy (non-hydrogen) atoms. The molecule has 0 radical (unpaired) electrons. The molecule has 0 aliphatic carbocycles. The molecule has 1 atom stereocenters. The first-order chi connectivity index (χ1) is 10.6. The van der Waals surface area contributed by atoms with E-state index in [4.69, 9.17) is 0 Å². The Morgan fingerprint density at radius 2 is 2.00 bits per heavy atom. The molecule has 1 N–H and O–H groups in total. The van der Waals surface area contributed by atoms with Crippen LogP contribution in [-0.4, -0.2) is 33.0 Å². The van der Waals surface area contributed by atoms with E-state index in [0.717, 1.165) is 16.8 Å². The van der Waals surface area contributed by atoms with Crippen LogP contribution < -0.4 is 5.32 Å². The lowest BCUT2D eigenvalue weighted by atomic mass is 10.2. The number of anilines is 1. The predicted octanol–water partition coefficient (Wildman–Crippen LogP) is 4.16. The van der Waals surface area contributed by atoms with Crippen LogP contribution in [0.2, 0.25) is 0 Å². The molecule has 0 fully saturated rings. The van der Waals surface area contributed by atoms with Gasteiger partial charge in [-0.25, -0.2) is 4.79 Å². The molecule has 0 aliphatic heterocycles. The maximum Gasteiger partial charge on any atom is 0.322 e. The lowest BCUT2D eigenvalue weighted by Gasteiger charge is -2.22. The van der Waals surface area contributed by atoms with Crippen LogP contribution in [0.3, 0.4) is 0 Å². The summed E-state index contributed by atoms with van der Waals surface area (Å²) < 4.78 is 12.0. The van der Waals surface area contributed by atoms with E-state index in [1.54, 1.807) is 4.90 Å². The van der Waals surface area contributed by atoms with Crippen molar-refractivity contribution in [2.75, 3.05) is 18.4 Å². The maximum absolute atomic E-state index is 12.3. The van der Waals surface area contributed by atoms with Gasteiger partial charge in [-0.05, 0) is 52.3 Å². The average molecular weight is 337 g/mol. The van der Waals surface area contributed by atoms with Crippen LogP contribution in [0.1, 0.15) is 40.2 Å². The number of likely N-dealkylation sites (N-methyl/N-ethyl adjacent to an activating group) is 1. The first-order valence-electron chi connectivity index (χ1n) is 7.81. The van der Waals surface area contributed by atoms with Gasteiger partial charge in [-0.2, -0.15) is 0 Å². The van der Waals surface area contributed by atoms with Gasteiger partial charge in [-0.3, -0.25) is 4.21 Å². The van der Waals surface area contributed by atoms with Crippen molar-refractivity contribution >= 4 is 22.5 Å². The second-order valence-electron chi connectivity index (χ2n) is 6.70. The number of hydrogen-bond donors (Lipinski definition) is 1. The fourth-order valence-electron chi connectivity index (χ4n) is 1.96. The summed E-state index contributed by atoms with van der Waals surface area (Å²) in [5.74, 6) is 0.483. The third-order valence-electron chi connectivity index (χ3n) is 3.29. The molecule has 0 spiro atoms. The molecule has 128 valence electrons. The smallest absolute Gasteiger partial charge is 0.321 e. The molecule has 1 rings (SSSR count). The molecule has 0 bridgehead atoms. The highest BCUT2D eigenvalue weighted by atomic mass is 32.2. The summed E-state index contributed by atoms with van der Waals surface area (Å²) >= 11 is 0. The number of nitrogens with one attached hydrogen (secondary N) is 1. The number of carbonyl (C=O) groups excluding carboxylic acids is 1. The lowest BCUT2D eigenvalue weighted by Crippen LogP contribution is -2.35. The summed E-state index contributed by atoms with van der Waals surface area (Å²) in [4.78, 5) is 14.0. The first kappa shape index (κ1) is 19.4. The Kier molecular flexibility index (Phi) is 7.01.